The van der Waals surface area contributed by atoms with Crippen LogP contribution >= 0.6 is 15.9 Å². The van der Waals surface area contributed by atoms with Crippen LogP contribution in [0, 0.1) is 17.0 Å². The third kappa shape index (κ3) is 3.27. The first kappa shape index (κ1) is 15.2. The zero-order chi connectivity index (χ0) is 15.6. The van der Waals surface area contributed by atoms with E-state index in [1.165, 1.54) is 16.8 Å². The van der Waals surface area contributed by atoms with E-state index < -0.39 is 11.0 Å². The Morgan fingerprint density at radius 1 is 1.48 bits per heavy atom. The van der Waals surface area contributed by atoms with Crippen LogP contribution in [0.15, 0.2) is 34.9 Å². The van der Waals surface area contributed by atoms with Gasteiger partial charge < -0.3 is 5.32 Å². The Bertz CT molecular complexity index is 679. The van der Waals surface area contributed by atoms with Crippen molar-refractivity contribution in [3.05, 3.63) is 50.7 Å². The van der Waals surface area contributed by atoms with Gasteiger partial charge in [-0.15, -0.1) is 0 Å². The van der Waals surface area contributed by atoms with Crippen molar-refractivity contribution in [2.45, 2.75) is 19.9 Å². The smallest absolute Gasteiger partial charge is 0.292 e. The number of amides is 1. The summed E-state index contributed by atoms with van der Waals surface area (Å²) in [5.74, 6) is -0.376. The van der Waals surface area contributed by atoms with Gasteiger partial charge in [-0.3, -0.25) is 19.6 Å². The lowest BCUT2D eigenvalue weighted by molar-refractivity contribution is -0.383. The number of nitro groups is 1. The highest BCUT2D eigenvalue weighted by molar-refractivity contribution is 9.10. The van der Waals surface area contributed by atoms with Crippen LogP contribution in [-0.4, -0.2) is 20.6 Å². The maximum atomic E-state index is 12.2. The van der Waals surface area contributed by atoms with Crippen molar-refractivity contribution in [1.82, 2.24) is 9.78 Å². The minimum atomic E-state index is -0.588. The van der Waals surface area contributed by atoms with E-state index in [1.807, 2.05) is 6.92 Å². The maximum absolute atomic E-state index is 12.2. The molecule has 8 heteroatoms. The Morgan fingerprint density at radius 2 is 2.14 bits per heavy atom. The number of aromatic nitrogens is 2. The molecule has 110 valence electrons. The number of halogens is 1. The quantitative estimate of drug-likeness (QED) is 0.676. The molecule has 1 aromatic carbocycles. The number of anilines is 1. The lowest BCUT2D eigenvalue weighted by Crippen LogP contribution is -2.24. The summed E-state index contributed by atoms with van der Waals surface area (Å²) < 4.78 is 2.30. The highest BCUT2D eigenvalue weighted by Crippen LogP contribution is 2.24. The number of nitrogens with one attached hydrogen (secondary N) is 1. The molecule has 1 unspecified atom stereocenters. The van der Waals surface area contributed by atoms with Gasteiger partial charge in [0, 0.05) is 12.3 Å². The lowest BCUT2D eigenvalue weighted by atomic mass is 10.2. The molecule has 0 fully saturated rings. The monoisotopic (exact) mass is 352 g/mol. The first-order chi connectivity index (χ1) is 9.90. The second-order valence-corrected chi connectivity index (χ2v) is 5.34. The highest BCUT2D eigenvalue weighted by Gasteiger charge is 2.20. The van der Waals surface area contributed by atoms with E-state index in [-0.39, 0.29) is 17.3 Å². The molecule has 2 aromatic rings. The van der Waals surface area contributed by atoms with Crippen molar-refractivity contribution in [3.63, 3.8) is 0 Å². The summed E-state index contributed by atoms with van der Waals surface area (Å²) in [6.07, 6.45) is 1.69. The summed E-state index contributed by atoms with van der Waals surface area (Å²) in [5.41, 5.74) is 0.790. The number of carbonyl (C=O) groups is 1. The van der Waals surface area contributed by atoms with E-state index in [1.54, 1.807) is 25.3 Å². The molecule has 0 aliphatic heterocycles. The topological polar surface area (TPSA) is 90.1 Å². The molecular formula is C13H13BrN4O3. The number of rotatable bonds is 4. The second kappa shape index (κ2) is 6.04. The fraction of sp³-hybridized carbons (Fsp3) is 0.231. The van der Waals surface area contributed by atoms with Gasteiger partial charge in [0.2, 0.25) is 5.91 Å². The number of nitro benzene ring substituents is 1. The number of para-hydroxylation sites is 2. The van der Waals surface area contributed by atoms with Crippen molar-refractivity contribution in [1.29, 1.82) is 0 Å². The van der Waals surface area contributed by atoms with Crippen LogP contribution in [0.2, 0.25) is 0 Å². The zero-order valence-corrected chi connectivity index (χ0v) is 13.0. The van der Waals surface area contributed by atoms with Crippen LogP contribution in [-0.2, 0) is 4.79 Å². The molecule has 2 rings (SSSR count). The summed E-state index contributed by atoms with van der Waals surface area (Å²) in [7, 11) is 0. The summed E-state index contributed by atoms with van der Waals surface area (Å²) in [6, 6.07) is 5.42. The molecule has 1 heterocycles. The van der Waals surface area contributed by atoms with Gasteiger partial charge in [-0.25, -0.2) is 0 Å². The number of hydrogen-bond acceptors (Lipinski definition) is 4. The van der Waals surface area contributed by atoms with Gasteiger partial charge in [0.05, 0.1) is 15.1 Å². The highest BCUT2D eigenvalue weighted by atomic mass is 79.9. The number of nitrogens with zero attached hydrogens (tertiary/aromatic N) is 3. The first-order valence-corrected chi connectivity index (χ1v) is 6.95. The first-order valence-electron chi connectivity index (χ1n) is 6.15. The van der Waals surface area contributed by atoms with Gasteiger partial charge >= 0.3 is 0 Å². The zero-order valence-electron chi connectivity index (χ0n) is 11.4. The molecule has 0 aliphatic rings. The molecule has 1 atom stereocenters. The Kier molecular flexibility index (Phi) is 4.37. The Labute approximate surface area is 129 Å². The van der Waals surface area contributed by atoms with Gasteiger partial charge in [-0.1, -0.05) is 12.1 Å². The standard InChI is InChI=1S/C13H13BrN4O3/c1-8-10(14)7-17(16-8)9(2)13(19)15-11-5-3-4-6-12(11)18(20)21/h3-7,9H,1-2H3,(H,15,19). The molecule has 7 nitrogen and oxygen atoms in total. The molecule has 0 saturated heterocycles. The van der Waals surface area contributed by atoms with Crippen molar-refractivity contribution in [2.75, 3.05) is 5.32 Å². The average molecular weight is 353 g/mol. The van der Waals surface area contributed by atoms with E-state index in [0.29, 0.717) is 0 Å². The Morgan fingerprint density at radius 3 is 2.71 bits per heavy atom. The Balaban J connectivity index is 2.20. The molecule has 1 amide bonds. The van der Waals surface area contributed by atoms with Crippen LogP contribution in [0.3, 0.4) is 0 Å². The molecule has 0 radical (unpaired) electrons. The SMILES string of the molecule is Cc1nn(C(C)C(=O)Nc2ccccc2[N+](=O)[O-])cc1Br. The van der Waals surface area contributed by atoms with Crippen molar-refractivity contribution in [3.8, 4) is 0 Å². The van der Waals surface area contributed by atoms with Crippen LogP contribution < -0.4 is 5.32 Å². The molecule has 1 N–H and O–H groups in total. The number of aryl methyl sites for hydroxylation is 1. The predicted octanol–water partition coefficient (Wildman–Crippen LogP) is 3.06. The maximum Gasteiger partial charge on any atom is 0.292 e. The van der Waals surface area contributed by atoms with E-state index in [0.717, 1.165) is 10.2 Å². The fourth-order valence-electron chi connectivity index (χ4n) is 1.75. The van der Waals surface area contributed by atoms with Crippen molar-refractivity contribution in [2.24, 2.45) is 0 Å². The van der Waals surface area contributed by atoms with E-state index in [4.69, 9.17) is 0 Å². The van der Waals surface area contributed by atoms with E-state index >= 15 is 0 Å². The molecule has 0 saturated carbocycles. The third-order valence-electron chi connectivity index (χ3n) is 2.99. The summed E-state index contributed by atoms with van der Waals surface area (Å²) in [5, 5.41) is 17.7. The van der Waals surface area contributed by atoms with Crippen LogP contribution in [0.4, 0.5) is 11.4 Å². The van der Waals surface area contributed by atoms with Crippen LogP contribution in [0.1, 0.15) is 18.7 Å². The molecule has 1 aromatic heterocycles. The van der Waals surface area contributed by atoms with Crippen molar-refractivity contribution >= 4 is 33.2 Å². The summed E-state index contributed by atoms with van der Waals surface area (Å²) >= 11 is 3.33. The average Bonchev–Trinajstić information content (AvgIpc) is 2.78. The predicted molar refractivity (Wildman–Crippen MR) is 81.1 cm³/mol. The minimum absolute atomic E-state index is 0.143. The normalized spacial score (nSPS) is 12.0. The van der Waals surface area contributed by atoms with Gasteiger partial charge in [-0.2, -0.15) is 5.10 Å². The number of benzene rings is 1. The number of carbonyl (C=O) groups excluding carboxylic acids is 1. The van der Waals surface area contributed by atoms with Crippen molar-refractivity contribution < 1.29 is 9.72 Å². The van der Waals surface area contributed by atoms with Gasteiger partial charge in [0.1, 0.15) is 11.7 Å². The fourth-order valence-corrected chi connectivity index (χ4v) is 2.04. The summed E-state index contributed by atoms with van der Waals surface area (Å²) in [6.45, 7) is 3.48. The van der Waals surface area contributed by atoms with E-state index in [2.05, 4.69) is 26.3 Å². The molecule has 0 bridgehead atoms. The lowest BCUT2D eigenvalue weighted by Gasteiger charge is -2.12. The molecule has 21 heavy (non-hydrogen) atoms. The third-order valence-corrected chi connectivity index (χ3v) is 3.77. The molecule has 0 spiro atoms. The summed E-state index contributed by atoms with van der Waals surface area (Å²) in [4.78, 5) is 22.6. The second-order valence-electron chi connectivity index (χ2n) is 4.48. The minimum Gasteiger partial charge on any atom is -0.319 e. The largest absolute Gasteiger partial charge is 0.319 e. The van der Waals surface area contributed by atoms with Gasteiger partial charge in [-0.05, 0) is 35.8 Å². The van der Waals surface area contributed by atoms with Gasteiger partial charge in [0.15, 0.2) is 0 Å². The van der Waals surface area contributed by atoms with Crippen LogP contribution in [0.5, 0.6) is 0 Å². The van der Waals surface area contributed by atoms with E-state index in [9.17, 15) is 14.9 Å². The van der Waals surface area contributed by atoms with Crippen LogP contribution in [0.25, 0.3) is 0 Å². The number of hydrogen-bond donors (Lipinski definition) is 1. The molecular weight excluding hydrogens is 340 g/mol. The van der Waals surface area contributed by atoms with Gasteiger partial charge in [0.25, 0.3) is 5.69 Å². The molecule has 0 aliphatic carbocycles. The Hall–Kier alpha value is -2.22.